The van der Waals surface area contributed by atoms with Crippen LogP contribution in [0.3, 0.4) is 0 Å². The SMILES string of the molecule is Cc1ccc(C(Cl)c2cc(F)cc(Br)c2)c2ccccc12. The summed E-state index contributed by atoms with van der Waals surface area (Å²) in [6.07, 6.45) is 0. The van der Waals surface area contributed by atoms with E-state index in [4.69, 9.17) is 11.6 Å². The van der Waals surface area contributed by atoms with Crippen LogP contribution in [0.15, 0.2) is 59.1 Å². The van der Waals surface area contributed by atoms with Gasteiger partial charge in [0.2, 0.25) is 0 Å². The third kappa shape index (κ3) is 2.83. The predicted octanol–water partition coefficient (Wildman–Crippen LogP) is 6.38. The molecule has 3 heteroatoms. The smallest absolute Gasteiger partial charge is 0.124 e. The second-order valence-electron chi connectivity index (χ2n) is 5.08. The molecule has 3 rings (SSSR count). The van der Waals surface area contributed by atoms with Gasteiger partial charge in [0.1, 0.15) is 5.82 Å². The molecule has 0 nitrogen and oxygen atoms in total. The molecule has 0 spiro atoms. The monoisotopic (exact) mass is 362 g/mol. The highest BCUT2D eigenvalue weighted by atomic mass is 79.9. The molecule has 0 saturated carbocycles. The van der Waals surface area contributed by atoms with Crippen LogP contribution in [0, 0.1) is 12.7 Å². The minimum Gasteiger partial charge on any atom is -0.207 e. The zero-order valence-corrected chi connectivity index (χ0v) is 13.7. The van der Waals surface area contributed by atoms with E-state index in [1.165, 1.54) is 23.1 Å². The molecule has 0 aliphatic carbocycles. The fourth-order valence-electron chi connectivity index (χ4n) is 2.60. The number of fused-ring (bicyclic) bond motifs is 1. The van der Waals surface area contributed by atoms with Crippen molar-refractivity contribution in [2.24, 2.45) is 0 Å². The van der Waals surface area contributed by atoms with Crippen LogP contribution in [0.4, 0.5) is 4.39 Å². The summed E-state index contributed by atoms with van der Waals surface area (Å²) in [5.41, 5.74) is 2.95. The van der Waals surface area contributed by atoms with Gasteiger partial charge in [-0.15, -0.1) is 11.6 Å². The van der Waals surface area contributed by atoms with E-state index in [0.717, 1.165) is 16.5 Å². The predicted molar refractivity (Wildman–Crippen MR) is 90.5 cm³/mol. The maximum atomic E-state index is 13.6. The van der Waals surface area contributed by atoms with Crippen LogP contribution in [-0.2, 0) is 0 Å². The van der Waals surface area contributed by atoms with Gasteiger partial charge < -0.3 is 0 Å². The lowest BCUT2D eigenvalue weighted by atomic mass is 9.95. The summed E-state index contributed by atoms with van der Waals surface area (Å²) >= 11 is 9.94. The molecule has 0 amide bonds. The molecule has 3 aromatic rings. The Bertz CT molecular complexity index is 793. The molecule has 0 heterocycles. The van der Waals surface area contributed by atoms with Gasteiger partial charge in [0.15, 0.2) is 0 Å². The lowest BCUT2D eigenvalue weighted by Crippen LogP contribution is -1.96. The first-order valence-electron chi connectivity index (χ1n) is 6.64. The topological polar surface area (TPSA) is 0 Å². The van der Waals surface area contributed by atoms with Crippen molar-refractivity contribution in [3.63, 3.8) is 0 Å². The highest BCUT2D eigenvalue weighted by molar-refractivity contribution is 9.10. The molecule has 21 heavy (non-hydrogen) atoms. The van der Waals surface area contributed by atoms with Crippen LogP contribution in [0.5, 0.6) is 0 Å². The van der Waals surface area contributed by atoms with E-state index in [0.29, 0.717) is 4.47 Å². The van der Waals surface area contributed by atoms with Gasteiger partial charge in [0, 0.05) is 4.47 Å². The minimum atomic E-state index is -0.387. The molecule has 0 aliphatic heterocycles. The molecular weight excluding hydrogens is 351 g/mol. The largest absolute Gasteiger partial charge is 0.207 e. The zero-order valence-electron chi connectivity index (χ0n) is 11.4. The Hall–Kier alpha value is -1.38. The minimum absolute atomic E-state index is 0.290. The van der Waals surface area contributed by atoms with Crippen LogP contribution in [0.1, 0.15) is 22.1 Å². The summed E-state index contributed by atoms with van der Waals surface area (Å²) in [6.45, 7) is 2.08. The summed E-state index contributed by atoms with van der Waals surface area (Å²) in [6, 6.07) is 17.0. The van der Waals surface area contributed by atoms with Crippen LogP contribution in [0.2, 0.25) is 0 Å². The Morgan fingerprint density at radius 1 is 1.00 bits per heavy atom. The van der Waals surface area contributed by atoms with E-state index in [1.807, 2.05) is 24.3 Å². The highest BCUT2D eigenvalue weighted by Crippen LogP contribution is 2.36. The van der Waals surface area contributed by atoms with E-state index in [9.17, 15) is 4.39 Å². The van der Waals surface area contributed by atoms with Gasteiger partial charge in [-0.3, -0.25) is 0 Å². The zero-order chi connectivity index (χ0) is 15.0. The van der Waals surface area contributed by atoms with Gasteiger partial charge in [0.25, 0.3) is 0 Å². The van der Waals surface area contributed by atoms with Crippen molar-refractivity contribution < 1.29 is 4.39 Å². The maximum Gasteiger partial charge on any atom is 0.124 e. The fourth-order valence-corrected chi connectivity index (χ4v) is 3.39. The Balaban J connectivity index is 2.18. The van der Waals surface area contributed by atoms with Crippen molar-refractivity contribution in [2.75, 3.05) is 0 Å². The molecule has 106 valence electrons. The highest BCUT2D eigenvalue weighted by Gasteiger charge is 2.16. The molecule has 1 atom stereocenters. The molecule has 0 aliphatic rings. The summed E-state index contributed by atoms with van der Waals surface area (Å²) in [5.74, 6) is -0.290. The van der Waals surface area contributed by atoms with Gasteiger partial charge in [-0.2, -0.15) is 0 Å². The van der Waals surface area contributed by atoms with Crippen LogP contribution in [0.25, 0.3) is 10.8 Å². The Kier molecular flexibility index (Phi) is 4.01. The summed E-state index contributed by atoms with van der Waals surface area (Å²) < 4.78 is 14.3. The second kappa shape index (κ2) is 5.78. The van der Waals surface area contributed by atoms with Crippen molar-refractivity contribution in [3.05, 3.63) is 81.6 Å². The van der Waals surface area contributed by atoms with Gasteiger partial charge in [-0.25, -0.2) is 4.39 Å². The third-order valence-electron chi connectivity index (χ3n) is 3.63. The van der Waals surface area contributed by atoms with Gasteiger partial charge >= 0.3 is 0 Å². The van der Waals surface area contributed by atoms with Crippen molar-refractivity contribution in [1.82, 2.24) is 0 Å². The maximum absolute atomic E-state index is 13.6. The summed E-state index contributed by atoms with van der Waals surface area (Å²) in [5, 5.41) is 1.90. The van der Waals surface area contributed by atoms with E-state index < -0.39 is 0 Å². The first-order chi connectivity index (χ1) is 10.1. The van der Waals surface area contributed by atoms with Gasteiger partial charge in [-0.05, 0) is 52.6 Å². The van der Waals surface area contributed by atoms with Crippen LogP contribution in [-0.4, -0.2) is 0 Å². The number of hydrogen-bond acceptors (Lipinski definition) is 0. The molecule has 1 unspecified atom stereocenters. The van der Waals surface area contributed by atoms with E-state index in [-0.39, 0.29) is 11.2 Å². The van der Waals surface area contributed by atoms with Gasteiger partial charge in [0.05, 0.1) is 5.38 Å². The normalized spacial score (nSPS) is 12.6. The molecule has 0 fully saturated rings. The number of benzene rings is 3. The van der Waals surface area contributed by atoms with Gasteiger partial charge in [-0.1, -0.05) is 52.3 Å². The molecule has 0 aromatic heterocycles. The standard InChI is InChI=1S/C18H13BrClF/c1-11-6-7-17(16-5-3-2-4-15(11)16)18(20)12-8-13(19)10-14(21)9-12/h2-10,18H,1H3. The average molecular weight is 364 g/mol. The fraction of sp³-hybridized carbons (Fsp3) is 0.111. The lowest BCUT2D eigenvalue weighted by molar-refractivity contribution is 0.625. The third-order valence-corrected chi connectivity index (χ3v) is 4.57. The Labute approximate surface area is 136 Å². The average Bonchev–Trinajstić information content (AvgIpc) is 2.46. The van der Waals surface area contributed by atoms with E-state index in [1.54, 1.807) is 0 Å². The first-order valence-corrected chi connectivity index (χ1v) is 7.87. The molecule has 0 N–H and O–H groups in total. The summed E-state index contributed by atoms with van der Waals surface area (Å²) in [7, 11) is 0. The molecule has 3 aromatic carbocycles. The Morgan fingerprint density at radius 2 is 1.71 bits per heavy atom. The first kappa shape index (κ1) is 14.6. The number of alkyl halides is 1. The molecule has 0 bridgehead atoms. The summed E-state index contributed by atoms with van der Waals surface area (Å²) in [4.78, 5) is 0. The molecule has 0 saturated heterocycles. The van der Waals surface area contributed by atoms with Crippen LogP contribution >= 0.6 is 27.5 Å². The van der Waals surface area contributed by atoms with E-state index in [2.05, 4.69) is 41.1 Å². The van der Waals surface area contributed by atoms with Crippen molar-refractivity contribution in [1.29, 1.82) is 0 Å². The molecular formula is C18H13BrClF. The molecule has 0 radical (unpaired) electrons. The number of hydrogen-bond donors (Lipinski definition) is 0. The van der Waals surface area contributed by atoms with Crippen molar-refractivity contribution >= 4 is 38.3 Å². The number of halogens is 3. The van der Waals surface area contributed by atoms with E-state index >= 15 is 0 Å². The number of aryl methyl sites for hydroxylation is 1. The van der Waals surface area contributed by atoms with Crippen molar-refractivity contribution in [3.8, 4) is 0 Å². The van der Waals surface area contributed by atoms with Crippen LogP contribution < -0.4 is 0 Å². The quantitative estimate of drug-likeness (QED) is 0.463. The number of rotatable bonds is 2. The Morgan fingerprint density at radius 3 is 2.43 bits per heavy atom. The van der Waals surface area contributed by atoms with Crippen molar-refractivity contribution in [2.45, 2.75) is 12.3 Å². The second-order valence-corrected chi connectivity index (χ2v) is 6.43. The lowest BCUT2D eigenvalue weighted by Gasteiger charge is -2.15.